The number of aromatic nitrogens is 2. The number of benzene rings is 2. The van der Waals surface area contributed by atoms with Gasteiger partial charge in [0.05, 0.1) is 11.0 Å². The maximum absolute atomic E-state index is 13.8. The smallest absolute Gasteiger partial charge is 0.280 e. The second kappa shape index (κ2) is 7.52. The van der Waals surface area contributed by atoms with E-state index in [0.717, 1.165) is 34.6 Å². The number of imide groups is 1. The summed E-state index contributed by atoms with van der Waals surface area (Å²) in [5.74, 6) is -0.00974. The number of nitrogens with zero attached hydrogens (tertiary/aromatic N) is 3. The molecule has 0 unspecified atom stereocenters. The molecule has 0 atom stereocenters. The van der Waals surface area contributed by atoms with Crippen molar-refractivity contribution in [2.24, 2.45) is 5.92 Å². The standard InChI is InChI=1S/C27H25N3O2/c31-26-24(28-16-14-20-10-4-6-12-22(20)28)25(29-17-15-21-11-5-7-13-23(21)29)27(32)30(26)18-19-8-2-1-3-9-19/h4-7,10-17,19H,1-3,8-9,18H2. The van der Waals surface area contributed by atoms with Crippen LogP contribution in [0.25, 0.3) is 33.2 Å². The van der Waals surface area contributed by atoms with Gasteiger partial charge in [-0.3, -0.25) is 14.5 Å². The van der Waals surface area contributed by atoms with E-state index >= 15 is 0 Å². The molecule has 2 aliphatic rings. The van der Waals surface area contributed by atoms with Crippen LogP contribution in [0.1, 0.15) is 32.1 Å². The highest BCUT2D eigenvalue weighted by atomic mass is 16.2. The summed E-state index contributed by atoms with van der Waals surface area (Å²) < 4.78 is 3.78. The van der Waals surface area contributed by atoms with Crippen molar-refractivity contribution in [1.29, 1.82) is 0 Å². The molecule has 160 valence electrons. The summed E-state index contributed by atoms with van der Waals surface area (Å²) in [7, 11) is 0. The fraction of sp³-hybridized carbons (Fsp3) is 0.259. The lowest BCUT2D eigenvalue weighted by atomic mass is 9.89. The van der Waals surface area contributed by atoms with Crippen LogP contribution in [0, 0.1) is 5.92 Å². The first-order chi connectivity index (χ1) is 15.7. The minimum atomic E-state index is -0.199. The quantitative estimate of drug-likeness (QED) is 0.414. The van der Waals surface area contributed by atoms with Crippen molar-refractivity contribution in [3.8, 4) is 0 Å². The predicted octanol–water partition coefficient (Wildman–Crippen LogP) is 5.37. The van der Waals surface area contributed by atoms with Crippen LogP contribution >= 0.6 is 0 Å². The van der Waals surface area contributed by atoms with Crippen LogP contribution in [0.2, 0.25) is 0 Å². The number of hydrogen-bond acceptors (Lipinski definition) is 2. The van der Waals surface area contributed by atoms with Gasteiger partial charge in [-0.2, -0.15) is 0 Å². The Morgan fingerprint density at radius 1 is 0.656 bits per heavy atom. The molecule has 4 aromatic rings. The molecule has 0 radical (unpaired) electrons. The maximum atomic E-state index is 13.8. The molecule has 1 fully saturated rings. The fourth-order valence-corrected chi connectivity index (χ4v) is 5.33. The van der Waals surface area contributed by atoms with E-state index < -0.39 is 0 Å². The zero-order valence-electron chi connectivity index (χ0n) is 17.9. The molecule has 2 aromatic heterocycles. The molecule has 0 spiro atoms. The van der Waals surface area contributed by atoms with Crippen LogP contribution in [0.3, 0.4) is 0 Å². The number of amides is 2. The Morgan fingerprint density at radius 3 is 1.69 bits per heavy atom. The molecule has 5 nitrogen and oxygen atoms in total. The van der Waals surface area contributed by atoms with Gasteiger partial charge in [-0.1, -0.05) is 55.7 Å². The number of carbonyl (C=O) groups is 2. The molecule has 2 aromatic carbocycles. The summed E-state index contributed by atoms with van der Waals surface area (Å²) in [5, 5.41) is 2.09. The van der Waals surface area contributed by atoms with Gasteiger partial charge in [0.2, 0.25) is 0 Å². The summed E-state index contributed by atoms with van der Waals surface area (Å²) in [4.78, 5) is 29.1. The Hall–Kier alpha value is -3.60. The summed E-state index contributed by atoms with van der Waals surface area (Å²) in [6.07, 6.45) is 9.58. The van der Waals surface area contributed by atoms with Gasteiger partial charge in [-0.25, -0.2) is 0 Å². The highest BCUT2D eigenvalue weighted by molar-refractivity contribution is 6.44. The van der Waals surface area contributed by atoms with Crippen molar-refractivity contribution in [2.45, 2.75) is 32.1 Å². The number of carbonyl (C=O) groups excluding carboxylic acids is 2. The van der Waals surface area contributed by atoms with Crippen LogP contribution in [0.5, 0.6) is 0 Å². The number of fused-ring (bicyclic) bond motifs is 2. The Balaban J connectivity index is 1.53. The molecule has 5 heteroatoms. The van der Waals surface area contributed by atoms with Gasteiger partial charge in [-0.15, -0.1) is 0 Å². The van der Waals surface area contributed by atoms with E-state index in [1.807, 2.05) is 82.2 Å². The van der Waals surface area contributed by atoms with Crippen LogP contribution in [-0.2, 0) is 9.59 Å². The Labute approximate surface area is 186 Å². The average Bonchev–Trinajstić information content (AvgIpc) is 3.50. The molecular weight excluding hydrogens is 398 g/mol. The first-order valence-electron chi connectivity index (χ1n) is 11.5. The number of hydrogen-bond donors (Lipinski definition) is 0. The van der Waals surface area contributed by atoms with Gasteiger partial charge in [-0.05, 0) is 53.8 Å². The van der Waals surface area contributed by atoms with E-state index in [1.165, 1.54) is 24.2 Å². The molecule has 32 heavy (non-hydrogen) atoms. The zero-order chi connectivity index (χ0) is 21.7. The highest BCUT2D eigenvalue weighted by Crippen LogP contribution is 2.35. The van der Waals surface area contributed by atoms with Crippen molar-refractivity contribution < 1.29 is 9.59 Å². The maximum Gasteiger partial charge on any atom is 0.280 e. The SMILES string of the molecule is O=C1C(n2ccc3ccccc32)=C(n2ccc3ccccc32)C(=O)N1CC1CCCCC1. The van der Waals surface area contributed by atoms with Crippen molar-refractivity contribution in [1.82, 2.24) is 14.0 Å². The third-order valence-corrected chi connectivity index (χ3v) is 6.97. The van der Waals surface area contributed by atoms with E-state index in [4.69, 9.17) is 0 Å². The lowest BCUT2D eigenvalue weighted by Crippen LogP contribution is -2.37. The van der Waals surface area contributed by atoms with E-state index in [0.29, 0.717) is 23.9 Å². The van der Waals surface area contributed by atoms with E-state index in [2.05, 4.69) is 0 Å². The Morgan fingerprint density at radius 2 is 1.16 bits per heavy atom. The van der Waals surface area contributed by atoms with Gasteiger partial charge in [0.1, 0.15) is 11.4 Å². The third-order valence-electron chi connectivity index (χ3n) is 6.97. The largest absolute Gasteiger partial charge is 0.310 e. The van der Waals surface area contributed by atoms with E-state index in [9.17, 15) is 9.59 Å². The second-order valence-corrected chi connectivity index (χ2v) is 8.91. The van der Waals surface area contributed by atoms with Gasteiger partial charge >= 0.3 is 0 Å². The molecule has 3 heterocycles. The molecule has 1 aliphatic carbocycles. The lowest BCUT2D eigenvalue weighted by molar-refractivity contribution is -0.137. The summed E-state index contributed by atoms with van der Waals surface area (Å²) >= 11 is 0. The molecule has 1 saturated carbocycles. The lowest BCUT2D eigenvalue weighted by Gasteiger charge is -2.26. The van der Waals surface area contributed by atoms with E-state index in [1.54, 1.807) is 0 Å². The van der Waals surface area contributed by atoms with Crippen LogP contribution < -0.4 is 0 Å². The normalized spacial score (nSPS) is 17.9. The van der Waals surface area contributed by atoms with E-state index in [-0.39, 0.29) is 11.8 Å². The Bertz CT molecular complexity index is 1290. The van der Waals surface area contributed by atoms with Crippen LogP contribution in [0.4, 0.5) is 0 Å². The first kappa shape index (κ1) is 19.1. The molecule has 1 aliphatic heterocycles. The average molecular weight is 424 g/mol. The molecule has 6 rings (SSSR count). The van der Waals surface area contributed by atoms with Crippen LogP contribution in [0.15, 0.2) is 73.1 Å². The second-order valence-electron chi connectivity index (χ2n) is 8.91. The first-order valence-corrected chi connectivity index (χ1v) is 11.5. The zero-order valence-corrected chi connectivity index (χ0v) is 17.9. The summed E-state index contributed by atoms with van der Waals surface area (Å²) in [5.41, 5.74) is 2.73. The molecule has 0 saturated heterocycles. The van der Waals surface area contributed by atoms with Gasteiger partial charge in [0.25, 0.3) is 11.8 Å². The molecular formula is C27H25N3O2. The monoisotopic (exact) mass is 423 g/mol. The van der Waals surface area contributed by atoms with Crippen molar-refractivity contribution in [2.75, 3.05) is 6.54 Å². The summed E-state index contributed by atoms with van der Waals surface area (Å²) in [6, 6.07) is 19.9. The number of rotatable bonds is 4. The molecule has 0 bridgehead atoms. The van der Waals surface area contributed by atoms with Crippen molar-refractivity contribution in [3.63, 3.8) is 0 Å². The molecule has 2 amide bonds. The van der Waals surface area contributed by atoms with Crippen molar-refractivity contribution >= 4 is 45.0 Å². The fourth-order valence-electron chi connectivity index (χ4n) is 5.33. The highest BCUT2D eigenvalue weighted by Gasteiger charge is 2.42. The van der Waals surface area contributed by atoms with Crippen molar-refractivity contribution in [3.05, 3.63) is 73.1 Å². The summed E-state index contributed by atoms with van der Waals surface area (Å²) in [6.45, 7) is 0.503. The minimum absolute atomic E-state index is 0.199. The van der Waals surface area contributed by atoms with Crippen LogP contribution in [-0.4, -0.2) is 32.4 Å². The minimum Gasteiger partial charge on any atom is -0.310 e. The van der Waals surface area contributed by atoms with Gasteiger partial charge in [0, 0.05) is 18.9 Å². The molecule has 0 N–H and O–H groups in total. The van der Waals surface area contributed by atoms with Gasteiger partial charge in [0.15, 0.2) is 0 Å². The third kappa shape index (κ3) is 2.92. The van der Waals surface area contributed by atoms with Gasteiger partial charge < -0.3 is 9.13 Å². The topological polar surface area (TPSA) is 47.2 Å². The predicted molar refractivity (Wildman–Crippen MR) is 127 cm³/mol. The number of para-hydroxylation sites is 2. The Kier molecular flexibility index (Phi) is 4.49.